The number of rotatable bonds is 4. The van der Waals surface area contributed by atoms with Gasteiger partial charge in [0.2, 0.25) is 0 Å². The number of carboxylic acids is 1. The average Bonchev–Trinajstić information content (AvgIpc) is 2.13. The molecule has 0 heterocycles. The third-order valence-electron chi connectivity index (χ3n) is 1.62. The van der Waals surface area contributed by atoms with Gasteiger partial charge in [0.05, 0.1) is 12.5 Å². The molecule has 0 bridgehead atoms. The molecule has 14 heavy (non-hydrogen) atoms. The van der Waals surface area contributed by atoms with Crippen LogP contribution in [0.25, 0.3) is 0 Å². The van der Waals surface area contributed by atoms with Gasteiger partial charge in [-0.25, -0.2) is 4.79 Å². The fourth-order valence-electron chi connectivity index (χ4n) is 0.676. The van der Waals surface area contributed by atoms with Crippen molar-refractivity contribution in [1.29, 1.82) is 5.26 Å². The Kier molecular flexibility index (Phi) is 5.07. The van der Waals surface area contributed by atoms with Gasteiger partial charge < -0.3 is 15.3 Å². The minimum Gasteiger partial charge on any atom is -0.480 e. The van der Waals surface area contributed by atoms with Crippen LogP contribution in [0, 0.1) is 11.3 Å². The molecular weight excluding hydrogens is 186 g/mol. The van der Waals surface area contributed by atoms with E-state index in [4.69, 9.17) is 10.4 Å². The lowest BCUT2D eigenvalue weighted by Crippen LogP contribution is -2.45. The molecule has 0 aliphatic rings. The van der Waals surface area contributed by atoms with E-state index in [1.54, 1.807) is 0 Å². The number of carbonyl (C=O) groups excluding carboxylic acids is 1. The van der Waals surface area contributed by atoms with Gasteiger partial charge >= 0.3 is 12.0 Å². The molecule has 0 aliphatic carbocycles. The Morgan fingerprint density at radius 3 is 2.64 bits per heavy atom. The lowest BCUT2D eigenvalue weighted by atomic mass is 10.3. The van der Waals surface area contributed by atoms with E-state index in [0.29, 0.717) is 0 Å². The number of hydrogen-bond donors (Lipinski definition) is 2. The number of nitrogens with one attached hydrogen (secondary N) is 1. The fourth-order valence-corrected chi connectivity index (χ4v) is 0.676. The Morgan fingerprint density at radius 2 is 2.21 bits per heavy atom. The van der Waals surface area contributed by atoms with Gasteiger partial charge in [0.15, 0.2) is 0 Å². The minimum atomic E-state index is -1.09. The molecular formula is C8H13N3O3. The van der Waals surface area contributed by atoms with Crippen molar-refractivity contribution in [3.63, 3.8) is 0 Å². The number of hydrogen-bond acceptors (Lipinski definition) is 3. The van der Waals surface area contributed by atoms with Crippen molar-refractivity contribution in [2.75, 3.05) is 13.6 Å². The number of urea groups is 1. The van der Waals surface area contributed by atoms with E-state index in [9.17, 15) is 9.59 Å². The van der Waals surface area contributed by atoms with E-state index in [-0.39, 0.29) is 13.0 Å². The minimum absolute atomic E-state index is 0.228. The summed E-state index contributed by atoms with van der Waals surface area (Å²) in [6.07, 6.45) is 0.228. The summed E-state index contributed by atoms with van der Waals surface area (Å²) in [5.74, 6) is -1.09. The van der Waals surface area contributed by atoms with Crippen LogP contribution in [0.3, 0.4) is 0 Å². The maximum absolute atomic E-state index is 11.2. The van der Waals surface area contributed by atoms with Crippen molar-refractivity contribution in [2.24, 2.45) is 0 Å². The van der Waals surface area contributed by atoms with Gasteiger partial charge in [0.25, 0.3) is 0 Å². The predicted molar refractivity (Wildman–Crippen MR) is 48.5 cm³/mol. The van der Waals surface area contributed by atoms with Crippen molar-refractivity contribution < 1.29 is 14.7 Å². The first kappa shape index (κ1) is 12.2. The zero-order valence-electron chi connectivity index (χ0n) is 8.15. The normalized spacial score (nSPS) is 11.2. The maximum atomic E-state index is 11.2. The topological polar surface area (TPSA) is 93.4 Å². The highest BCUT2D eigenvalue weighted by Gasteiger charge is 2.16. The molecule has 0 aromatic carbocycles. The average molecular weight is 199 g/mol. The Balaban J connectivity index is 3.96. The Morgan fingerprint density at radius 1 is 1.64 bits per heavy atom. The SMILES string of the molecule is C[C@@H](NC(=O)N(C)CCC#N)C(=O)O. The largest absolute Gasteiger partial charge is 0.480 e. The smallest absolute Gasteiger partial charge is 0.325 e. The van der Waals surface area contributed by atoms with Crippen molar-refractivity contribution in [1.82, 2.24) is 10.2 Å². The van der Waals surface area contributed by atoms with Crippen LogP contribution in [0.5, 0.6) is 0 Å². The molecule has 0 radical (unpaired) electrons. The highest BCUT2D eigenvalue weighted by atomic mass is 16.4. The van der Waals surface area contributed by atoms with Gasteiger partial charge in [0, 0.05) is 13.6 Å². The van der Waals surface area contributed by atoms with Gasteiger partial charge in [-0.05, 0) is 6.92 Å². The van der Waals surface area contributed by atoms with Gasteiger partial charge in [0.1, 0.15) is 6.04 Å². The quantitative estimate of drug-likeness (QED) is 0.667. The maximum Gasteiger partial charge on any atom is 0.325 e. The first-order chi connectivity index (χ1) is 6.49. The lowest BCUT2D eigenvalue weighted by Gasteiger charge is -2.18. The first-order valence-corrected chi connectivity index (χ1v) is 4.10. The summed E-state index contributed by atoms with van der Waals surface area (Å²) >= 11 is 0. The summed E-state index contributed by atoms with van der Waals surface area (Å²) in [7, 11) is 1.50. The Hall–Kier alpha value is -1.77. The van der Waals surface area contributed by atoms with Crippen molar-refractivity contribution in [2.45, 2.75) is 19.4 Å². The number of aliphatic carboxylic acids is 1. The van der Waals surface area contributed by atoms with Gasteiger partial charge in [-0.1, -0.05) is 0 Å². The van der Waals surface area contributed by atoms with Crippen LogP contribution in [-0.2, 0) is 4.79 Å². The molecule has 78 valence electrons. The predicted octanol–water partition coefficient (Wildman–Crippen LogP) is 0.0146. The van der Waals surface area contributed by atoms with E-state index in [2.05, 4.69) is 5.32 Å². The molecule has 6 nitrogen and oxygen atoms in total. The van der Waals surface area contributed by atoms with E-state index in [1.807, 2.05) is 6.07 Å². The number of nitrogens with zero attached hydrogens (tertiary/aromatic N) is 2. The van der Waals surface area contributed by atoms with Gasteiger partial charge in [-0.2, -0.15) is 5.26 Å². The zero-order chi connectivity index (χ0) is 11.1. The Labute approximate surface area is 82.1 Å². The summed E-state index contributed by atoms with van der Waals surface area (Å²) in [4.78, 5) is 22.9. The molecule has 0 saturated carbocycles. The molecule has 0 aliphatic heterocycles. The summed E-state index contributed by atoms with van der Waals surface area (Å²) in [5, 5.41) is 19.0. The van der Waals surface area contributed by atoms with Gasteiger partial charge in [-0.15, -0.1) is 0 Å². The third kappa shape index (κ3) is 4.30. The lowest BCUT2D eigenvalue weighted by molar-refractivity contribution is -0.138. The molecule has 0 rings (SSSR count). The van der Waals surface area contributed by atoms with Crippen LogP contribution in [0.2, 0.25) is 0 Å². The van der Waals surface area contributed by atoms with Crippen LogP contribution in [0.15, 0.2) is 0 Å². The molecule has 6 heteroatoms. The molecule has 0 fully saturated rings. The van der Waals surface area contributed by atoms with Gasteiger partial charge in [-0.3, -0.25) is 4.79 Å². The Bertz CT molecular complexity index is 259. The molecule has 0 unspecified atom stereocenters. The van der Waals surface area contributed by atoms with E-state index in [1.165, 1.54) is 18.9 Å². The number of carboxylic acid groups (broad SMARTS) is 1. The highest BCUT2D eigenvalue weighted by molar-refractivity contribution is 5.82. The first-order valence-electron chi connectivity index (χ1n) is 4.10. The number of amides is 2. The van der Waals surface area contributed by atoms with Crippen LogP contribution in [-0.4, -0.2) is 41.6 Å². The molecule has 0 saturated heterocycles. The van der Waals surface area contributed by atoms with Crippen LogP contribution >= 0.6 is 0 Å². The summed E-state index contributed by atoms with van der Waals surface area (Å²) in [5.41, 5.74) is 0. The van der Waals surface area contributed by atoms with Crippen LogP contribution in [0.4, 0.5) is 4.79 Å². The standard InChI is InChI=1S/C8H13N3O3/c1-6(7(12)13)10-8(14)11(2)5-3-4-9/h6H,3,5H2,1-2H3,(H,10,14)(H,12,13)/t6-/m1/s1. The molecule has 2 N–H and O–H groups in total. The summed E-state index contributed by atoms with van der Waals surface area (Å²) in [6.45, 7) is 1.66. The second-order valence-corrected chi connectivity index (χ2v) is 2.84. The molecule has 0 aromatic rings. The van der Waals surface area contributed by atoms with Crippen LogP contribution < -0.4 is 5.32 Å². The second kappa shape index (κ2) is 5.80. The summed E-state index contributed by atoms with van der Waals surface area (Å²) in [6, 6.07) is 0.477. The van der Waals surface area contributed by atoms with E-state index < -0.39 is 18.0 Å². The monoisotopic (exact) mass is 199 g/mol. The van der Waals surface area contributed by atoms with E-state index >= 15 is 0 Å². The third-order valence-corrected chi connectivity index (χ3v) is 1.62. The number of nitriles is 1. The molecule has 2 amide bonds. The van der Waals surface area contributed by atoms with Crippen molar-refractivity contribution in [3.05, 3.63) is 0 Å². The second-order valence-electron chi connectivity index (χ2n) is 2.84. The molecule has 0 aromatic heterocycles. The van der Waals surface area contributed by atoms with Crippen molar-refractivity contribution in [3.8, 4) is 6.07 Å². The summed E-state index contributed by atoms with van der Waals surface area (Å²) < 4.78 is 0. The van der Waals surface area contributed by atoms with E-state index in [0.717, 1.165) is 0 Å². The van der Waals surface area contributed by atoms with Crippen LogP contribution in [0.1, 0.15) is 13.3 Å². The van der Waals surface area contributed by atoms with Crippen molar-refractivity contribution >= 4 is 12.0 Å². The number of carbonyl (C=O) groups is 2. The zero-order valence-corrected chi connectivity index (χ0v) is 8.15. The highest BCUT2D eigenvalue weighted by Crippen LogP contribution is 1.90. The fraction of sp³-hybridized carbons (Fsp3) is 0.625. The molecule has 1 atom stereocenters. The molecule has 0 spiro atoms.